The predicted octanol–water partition coefficient (Wildman–Crippen LogP) is 3.66. The zero-order valence-electron chi connectivity index (χ0n) is 10.8. The molecular weight excluding hydrogens is 241 g/mol. The third kappa shape index (κ3) is 2.34. The van der Waals surface area contributed by atoms with E-state index in [0.717, 1.165) is 11.1 Å². The molecule has 2 aromatic carbocycles. The highest BCUT2D eigenvalue weighted by Crippen LogP contribution is 2.39. The van der Waals surface area contributed by atoms with Crippen molar-refractivity contribution in [2.24, 2.45) is 5.73 Å². The Morgan fingerprint density at radius 3 is 2.84 bits per heavy atom. The van der Waals surface area contributed by atoms with Crippen molar-refractivity contribution in [2.75, 3.05) is 0 Å². The Morgan fingerprint density at radius 1 is 1.21 bits per heavy atom. The van der Waals surface area contributed by atoms with Gasteiger partial charge in [0.1, 0.15) is 17.7 Å². The molecule has 1 aliphatic rings. The maximum atomic E-state index is 13.2. The third-order valence-corrected chi connectivity index (χ3v) is 3.52. The highest BCUT2D eigenvalue weighted by Gasteiger charge is 2.27. The molecule has 3 rings (SSSR count). The van der Waals surface area contributed by atoms with E-state index in [1.807, 2.05) is 12.1 Å². The van der Waals surface area contributed by atoms with Crippen LogP contribution in [0.15, 0.2) is 42.5 Å². The van der Waals surface area contributed by atoms with E-state index in [0.29, 0.717) is 12.2 Å². The van der Waals surface area contributed by atoms with E-state index in [1.54, 1.807) is 6.07 Å². The van der Waals surface area contributed by atoms with Gasteiger partial charge in [0.2, 0.25) is 0 Å². The highest BCUT2D eigenvalue weighted by atomic mass is 19.1. The van der Waals surface area contributed by atoms with Crippen LogP contribution in [-0.4, -0.2) is 0 Å². The van der Waals surface area contributed by atoms with Crippen molar-refractivity contribution in [1.82, 2.24) is 0 Å². The summed E-state index contributed by atoms with van der Waals surface area (Å²) in [7, 11) is 0. The summed E-state index contributed by atoms with van der Waals surface area (Å²) >= 11 is 0. The largest absolute Gasteiger partial charge is 0.485 e. The lowest BCUT2D eigenvalue weighted by Gasteiger charge is -2.30. The number of rotatable bonds is 1. The summed E-state index contributed by atoms with van der Waals surface area (Å²) in [5.41, 5.74) is 9.20. The zero-order valence-corrected chi connectivity index (χ0v) is 10.8. The monoisotopic (exact) mass is 257 g/mol. The summed E-state index contributed by atoms with van der Waals surface area (Å²) in [6, 6.07) is 12.5. The molecule has 0 bridgehead atoms. The van der Waals surface area contributed by atoms with Crippen molar-refractivity contribution >= 4 is 0 Å². The number of aryl methyl sites for hydroxylation is 1. The van der Waals surface area contributed by atoms with Crippen molar-refractivity contribution < 1.29 is 9.13 Å². The fourth-order valence-corrected chi connectivity index (χ4v) is 2.55. The van der Waals surface area contributed by atoms with Crippen LogP contribution < -0.4 is 10.5 Å². The summed E-state index contributed by atoms with van der Waals surface area (Å²) < 4.78 is 19.2. The summed E-state index contributed by atoms with van der Waals surface area (Å²) in [5, 5.41) is 0. The molecular formula is C16H16FNO. The smallest absolute Gasteiger partial charge is 0.126 e. The highest BCUT2D eigenvalue weighted by molar-refractivity contribution is 5.39. The van der Waals surface area contributed by atoms with Crippen molar-refractivity contribution in [3.8, 4) is 5.75 Å². The lowest BCUT2D eigenvalue weighted by Crippen LogP contribution is -2.24. The van der Waals surface area contributed by atoms with Gasteiger partial charge in [-0.05, 0) is 30.7 Å². The Bertz CT molecular complexity index is 611. The summed E-state index contributed by atoms with van der Waals surface area (Å²) in [5.74, 6) is 0.415. The summed E-state index contributed by atoms with van der Waals surface area (Å²) in [6.07, 6.45) is 0.604. The van der Waals surface area contributed by atoms with Crippen molar-refractivity contribution in [2.45, 2.75) is 25.5 Å². The Morgan fingerprint density at radius 2 is 2.05 bits per heavy atom. The van der Waals surface area contributed by atoms with Gasteiger partial charge in [0.25, 0.3) is 0 Å². The van der Waals surface area contributed by atoms with Crippen LogP contribution >= 0.6 is 0 Å². The average Bonchev–Trinajstić information content (AvgIpc) is 2.39. The molecule has 3 heteroatoms. The fourth-order valence-electron chi connectivity index (χ4n) is 2.55. The number of ether oxygens (including phenoxy) is 1. The molecule has 0 saturated carbocycles. The molecule has 0 aliphatic carbocycles. The molecule has 0 saturated heterocycles. The molecule has 98 valence electrons. The molecule has 0 amide bonds. The van der Waals surface area contributed by atoms with Crippen molar-refractivity contribution in [1.29, 1.82) is 0 Å². The topological polar surface area (TPSA) is 35.2 Å². The van der Waals surface area contributed by atoms with Crippen LogP contribution in [0.1, 0.15) is 35.3 Å². The van der Waals surface area contributed by atoms with Gasteiger partial charge >= 0.3 is 0 Å². The average molecular weight is 257 g/mol. The molecule has 2 nitrogen and oxygen atoms in total. The number of fused-ring (bicyclic) bond motifs is 1. The number of nitrogens with two attached hydrogens (primary N) is 1. The first-order valence-electron chi connectivity index (χ1n) is 6.42. The lowest BCUT2D eigenvalue weighted by molar-refractivity contribution is 0.161. The van der Waals surface area contributed by atoms with Gasteiger partial charge in [-0.1, -0.05) is 29.8 Å². The van der Waals surface area contributed by atoms with E-state index < -0.39 is 0 Å². The molecule has 0 fully saturated rings. The normalized spacial score (nSPS) is 21.6. The second-order valence-electron chi connectivity index (χ2n) is 5.04. The Balaban J connectivity index is 1.95. The van der Waals surface area contributed by atoms with Crippen LogP contribution in [0.25, 0.3) is 0 Å². The van der Waals surface area contributed by atoms with Gasteiger partial charge in [0, 0.05) is 18.0 Å². The number of benzene rings is 2. The van der Waals surface area contributed by atoms with Gasteiger partial charge < -0.3 is 10.5 Å². The van der Waals surface area contributed by atoms with Gasteiger partial charge in [-0.2, -0.15) is 0 Å². The van der Waals surface area contributed by atoms with Crippen LogP contribution in [0.5, 0.6) is 5.75 Å². The van der Waals surface area contributed by atoms with Crippen molar-refractivity contribution in [3.63, 3.8) is 0 Å². The quantitative estimate of drug-likeness (QED) is 0.846. The zero-order chi connectivity index (χ0) is 13.4. The molecule has 1 heterocycles. The van der Waals surface area contributed by atoms with E-state index in [9.17, 15) is 4.39 Å². The Hall–Kier alpha value is -1.87. The van der Waals surface area contributed by atoms with Gasteiger partial charge in [0.05, 0.1) is 0 Å². The van der Waals surface area contributed by atoms with Crippen LogP contribution in [-0.2, 0) is 0 Å². The van der Waals surface area contributed by atoms with Gasteiger partial charge in [-0.15, -0.1) is 0 Å². The van der Waals surface area contributed by atoms with Crippen LogP contribution in [0.3, 0.4) is 0 Å². The van der Waals surface area contributed by atoms with E-state index in [1.165, 1.54) is 17.7 Å². The lowest BCUT2D eigenvalue weighted by atomic mass is 9.93. The first kappa shape index (κ1) is 12.2. The van der Waals surface area contributed by atoms with E-state index in [2.05, 4.69) is 19.1 Å². The molecule has 2 atom stereocenters. The Labute approximate surface area is 112 Å². The molecule has 0 spiro atoms. The second-order valence-corrected chi connectivity index (χ2v) is 5.04. The second kappa shape index (κ2) is 4.67. The molecule has 2 aromatic rings. The van der Waals surface area contributed by atoms with Gasteiger partial charge in [-0.25, -0.2) is 4.39 Å². The Kier molecular flexibility index (Phi) is 2.99. The standard InChI is InChI=1S/C16H16FNO/c1-10-3-2-4-11(7-10)16-9-14(18)13-8-12(17)5-6-15(13)19-16/h2-8,14,16H,9,18H2,1H3. The number of halogens is 1. The van der Waals surface area contributed by atoms with Gasteiger partial charge in [0.15, 0.2) is 0 Å². The number of hydrogen-bond donors (Lipinski definition) is 1. The van der Waals surface area contributed by atoms with E-state index in [-0.39, 0.29) is 18.0 Å². The molecule has 2 unspecified atom stereocenters. The predicted molar refractivity (Wildman–Crippen MR) is 72.5 cm³/mol. The SMILES string of the molecule is Cc1cccc(C2CC(N)c3cc(F)ccc3O2)c1. The first-order chi connectivity index (χ1) is 9.13. The van der Waals surface area contributed by atoms with Crippen molar-refractivity contribution in [3.05, 3.63) is 65.0 Å². The summed E-state index contributed by atoms with van der Waals surface area (Å²) in [6.45, 7) is 2.05. The molecule has 2 N–H and O–H groups in total. The van der Waals surface area contributed by atoms with E-state index in [4.69, 9.17) is 10.5 Å². The maximum absolute atomic E-state index is 13.2. The van der Waals surface area contributed by atoms with Crippen LogP contribution in [0.4, 0.5) is 4.39 Å². The van der Waals surface area contributed by atoms with Crippen LogP contribution in [0, 0.1) is 12.7 Å². The van der Waals surface area contributed by atoms with E-state index >= 15 is 0 Å². The molecule has 0 aromatic heterocycles. The fraction of sp³-hybridized carbons (Fsp3) is 0.250. The number of hydrogen-bond acceptors (Lipinski definition) is 2. The molecule has 1 aliphatic heterocycles. The summed E-state index contributed by atoms with van der Waals surface area (Å²) in [4.78, 5) is 0. The minimum atomic E-state index is -0.271. The third-order valence-electron chi connectivity index (χ3n) is 3.52. The molecule has 0 radical (unpaired) electrons. The van der Waals surface area contributed by atoms with Crippen LogP contribution in [0.2, 0.25) is 0 Å². The minimum Gasteiger partial charge on any atom is -0.485 e. The maximum Gasteiger partial charge on any atom is 0.126 e. The first-order valence-corrected chi connectivity index (χ1v) is 6.42. The minimum absolute atomic E-state index is 0.0622. The molecule has 19 heavy (non-hydrogen) atoms. The van der Waals surface area contributed by atoms with Gasteiger partial charge in [-0.3, -0.25) is 0 Å².